The molecule has 3 aromatic rings. The van der Waals surface area contributed by atoms with E-state index in [9.17, 15) is 14.4 Å². The van der Waals surface area contributed by atoms with E-state index in [2.05, 4.69) is 5.10 Å². The van der Waals surface area contributed by atoms with Crippen LogP contribution in [0, 0.1) is 0 Å². The second kappa shape index (κ2) is 9.33. The maximum absolute atomic E-state index is 12.5. The van der Waals surface area contributed by atoms with Crippen LogP contribution in [0.1, 0.15) is 5.56 Å². The zero-order valence-corrected chi connectivity index (χ0v) is 16.1. The Balaban J connectivity index is 1.95. The van der Waals surface area contributed by atoms with E-state index in [4.69, 9.17) is 11.5 Å². The van der Waals surface area contributed by atoms with Crippen molar-refractivity contribution in [2.45, 2.75) is 0 Å². The molecule has 8 heteroatoms. The van der Waals surface area contributed by atoms with E-state index >= 15 is 0 Å². The molecule has 0 aliphatic heterocycles. The van der Waals surface area contributed by atoms with E-state index in [0.717, 1.165) is 16.2 Å². The third kappa shape index (κ3) is 5.20. The Morgan fingerprint density at radius 1 is 0.900 bits per heavy atom. The van der Waals surface area contributed by atoms with Crippen LogP contribution in [-0.2, 0) is 14.4 Å². The molecular formula is C22H21N5O3. The number of nitrogens with two attached hydrogens (primary N) is 2. The molecule has 0 saturated carbocycles. The third-order valence-corrected chi connectivity index (χ3v) is 4.22. The Bertz CT molecular complexity index is 1060. The molecule has 0 aliphatic rings. The van der Waals surface area contributed by atoms with Crippen molar-refractivity contribution < 1.29 is 14.4 Å². The van der Waals surface area contributed by atoms with E-state index in [1.807, 2.05) is 60.7 Å². The van der Waals surface area contributed by atoms with Crippen LogP contribution < -0.4 is 11.5 Å². The number of carbonyl (C=O) groups is 3. The lowest BCUT2D eigenvalue weighted by Crippen LogP contribution is -2.42. The van der Waals surface area contributed by atoms with Gasteiger partial charge in [0, 0.05) is 23.4 Å². The van der Waals surface area contributed by atoms with Gasteiger partial charge < -0.3 is 16.4 Å². The minimum absolute atomic E-state index is 0.402. The van der Waals surface area contributed by atoms with E-state index in [1.165, 1.54) is 6.08 Å². The predicted octanol–water partition coefficient (Wildman–Crippen LogP) is 1.35. The molecular weight excluding hydrogens is 382 g/mol. The molecule has 2 aromatic carbocycles. The van der Waals surface area contributed by atoms with Gasteiger partial charge in [0.15, 0.2) is 0 Å². The number of nitrogens with zero attached hydrogens (tertiary/aromatic N) is 3. The summed E-state index contributed by atoms with van der Waals surface area (Å²) in [4.78, 5) is 35.9. The van der Waals surface area contributed by atoms with Gasteiger partial charge in [0.05, 0.1) is 11.4 Å². The van der Waals surface area contributed by atoms with Crippen LogP contribution >= 0.6 is 0 Å². The minimum atomic E-state index is -0.736. The quantitative estimate of drug-likeness (QED) is 0.551. The molecule has 0 radical (unpaired) electrons. The monoisotopic (exact) mass is 403 g/mol. The van der Waals surface area contributed by atoms with Gasteiger partial charge in [0.2, 0.25) is 17.7 Å². The summed E-state index contributed by atoms with van der Waals surface area (Å²) in [5, 5.41) is 4.66. The number of amides is 3. The smallest absolute Gasteiger partial charge is 0.247 e. The largest absolute Gasteiger partial charge is 0.368 e. The first-order valence-electron chi connectivity index (χ1n) is 9.18. The average molecular weight is 403 g/mol. The average Bonchev–Trinajstić information content (AvgIpc) is 3.16. The summed E-state index contributed by atoms with van der Waals surface area (Å²) in [7, 11) is 0. The summed E-state index contributed by atoms with van der Waals surface area (Å²) in [6.07, 6.45) is 4.66. The number of rotatable bonds is 8. The van der Waals surface area contributed by atoms with E-state index in [0.29, 0.717) is 11.3 Å². The van der Waals surface area contributed by atoms with Crippen LogP contribution in [0.15, 0.2) is 72.9 Å². The van der Waals surface area contributed by atoms with Crippen LogP contribution in [0.25, 0.3) is 23.0 Å². The summed E-state index contributed by atoms with van der Waals surface area (Å²) < 4.78 is 1.72. The topological polar surface area (TPSA) is 124 Å². The first-order chi connectivity index (χ1) is 14.4. The fourth-order valence-corrected chi connectivity index (χ4v) is 2.90. The van der Waals surface area contributed by atoms with Gasteiger partial charge in [-0.1, -0.05) is 48.5 Å². The first kappa shape index (κ1) is 20.5. The Labute approximate surface area is 173 Å². The minimum Gasteiger partial charge on any atom is -0.368 e. The molecule has 152 valence electrons. The van der Waals surface area contributed by atoms with Crippen molar-refractivity contribution in [1.29, 1.82) is 0 Å². The molecule has 0 spiro atoms. The zero-order valence-electron chi connectivity index (χ0n) is 16.1. The van der Waals surface area contributed by atoms with Crippen LogP contribution in [0.4, 0.5) is 0 Å². The van der Waals surface area contributed by atoms with Crippen LogP contribution in [-0.4, -0.2) is 45.5 Å². The predicted molar refractivity (Wildman–Crippen MR) is 113 cm³/mol. The third-order valence-electron chi connectivity index (χ3n) is 4.22. The summed E-state index contributed by atoms with van der Waals surface area (Å²) in [6.45, 7) is -0.804. The molecule has 0 atom stereocenters. The fraction of sp³-hybridized carbons (Fsp3) is 0.0909. The molecule has 8 nitrogen and oxygen atoms in total. The van der Waals surface area contributed by atoms with Gasteiger partial charge in [-0.25, -0.2) is 4.68 Å². The number of hydrogen-bond acceptors (Lipinski definition) is 4. The highest BCUT2D eigenvalue weighted by Crippen LogP contribution is 2.24. The number of para-hydroxylation sites is 1. The molecule has 0 bridgehead atoms. The summed E-state index contributed by atoms with van der Waals surface area (Å²) in [5.41, 5.74) is 13.4. The van der Waals surface area contributed by atoms with Crippen molar-refractivity contribution in [2.24, 2.45) is 11.5 Å². The van der Waals surface area contributed by atoms with E-state index in [-0.39, 0.29) is 0 Å². The molecule has 0 aliphatic carbocycles. The number of aromatic nitrogens is 2. The Hall–Kier alpha value is -4.20. The first-order valence-corrected chi connectivity index (χ1v) is 9.18. The van der Waals surface area contributed by atoms with Crippen molar-refractivity contribution in [3.05, 3.63) is 78.5 Å². The maximum Gasteiger partial charge on any atom is 0.247 e. The van der Waals surface area contributed by atoms with Crippen molar-refractivity contribution in [3.63, 3.8) is 0 Å². The Morgan fingerprint density at radius 3 is 2.03 bits per heavy atom. The van der Waals surface area contributed by atoms with Crippen molar-refractivity contribution in [1.82, 2.24) is 14.7 Å². The van der Waals surface area contributed by atoms with Gasteiger partial charge in [0.1, 0.15) is 13.1 Å². The summed E-state index contributed by atoms with van der Waals surface area (Å²) in [5.74, 6) is -2.03. The van der Waals surface area contributed by atoms with Crippen molar-refractivity contribution >= 4 is 23.8 Å². The highest BCUT2D eigenvalue weighted by Gasteiger charge is 2.16. The van der Waals surface area contributed by atoms with Crippen LogP contribution in [0.3, 0.4) is 0 Å². The van der Waals surface area contributed by atoms with Crippen LogP contribution in [0.2, 0.25) is 0 Å². The summed E-state index contributed by atoms with van der Waals surface area (Å²) >= 11 is 0. The van der Waals surface area contributed by atoms with E-state index < -0.39 is 30.8 Å². The Morgan fingerprint density at radius 2 is 1.47 bits per heavy atom. The number of primary amides is 2. The molecule has 1 heterocycles. The number of hydrogen-bond donors (Lipinski definition) is 2. The molecule has 30 heavy (non-hydrogen) atoms. The molecule has 0 saturated heterocycles. The summed E-state index contributed by atoms with van der Waals surface area (Å²) in [6, 6.07) is 19.1. The molecule has 3 amide bonds. The lowest BCUT2D eigenvalue weighted by Gasteiger charge is -2.17. The van der Waals surface area contributed by atoms with Gasteiger partial charge in [-0.05, 0) is 18.2 Å². The molecule has 3 rings (SSSR count). The van der Waals surface area contributed by atoms with Gasteiger partial charge in [-0.2, -0.15) is 5.10 Å². The lowest BCUT2D eigenvalue weighted by atomic mass is 10.1. The molecule has 4 N–H and O–H groups in total. The molecule has 1 aromatic heterocycles. The highest BCUT2D eigenvalue weighted by molar-refractivity contribution is 5.97. The molecule has 0 unspecified atom stereocenters. The van der Waals surface area contributed by atoms with Gasteiger partial charge >= 0.3 is 0 Å². The van der Waals surface area contributed by atoms with Crippen molar-refractivity contribution in [3.8, 4) is 16.9 Å². The SMILES string of the molecule is NC(=O)CN(CC(N)=O)C(=O)/C=C/c1cn(-c2ccccc2)nc1-c1ccccc1. The standard InChI is InChI=1S/C22H21N5O3/c23-19(28)14-26(15-20(24)29)21(30)12-11-17-13-27(18-9-5-2-6-10-18)25-22(17)16-7-3-1-4-8-16/h1-13H,14-15H2,(H2,23,28)(H2,24,29)/b12-11+. The van der Waals surface area contributed by atoms with Gasteiger partial charge in [-0.3, -0.25) is 14.4 Å². The van der Waals surface area contributed by atoms with Crippen molar-refractivity contribution in [2.75, 3.05) is 13.1 Å². The number of carbonyl (C=O) groups excluding carboxylic acids is 3. The van der Waals surface area contributed by atoms with E-state index in [1.54, 1.807) is 17.0 Å². The van der Waals surface area contributed by atoms with Crippen LogP contribution in [0.5, 0.6) is 0 Å². The highest BCUT2D eigenvalue weighted by atomic mass is 16.2. The van der Waals surface area contributed by atoms with Gasteiger partial charge in [-0.15, -0.1) is 0 Å². The van der Waals surface area contributed by atoms with Gasteiger partial charge in [0.25, 0.3) is 0 Å². The Kier molecular flexibility index (Phi) is 6.39. The second-order valence-electron chi connectivity index (χ2n) is 6.54. The lowest BCUT2D eigenvalue weighted by molar-refractivity contribution is -0.134. The second-order valence-corrected chi connectivity index (χ2v) is 6.54. The molecule has 0 fully saturated rings. The zero-order chi connectivity index (χ0) is 21.5. The maximum atomic E-state index is 12.5. The number of benzene rings is 2. The normalized spacial score (nSPS) is 10.8. The fourth-order valence-electron chi connectivity index (χ4n) is 2.90.